The fourth-order valence-electron chi connectivity index (χ4n) is 2.99. The Morgan fingerprint density at radius 1 is 1.43 bits per heavy atom. The van der Waals surface area contributed by atoms with Crippen molar-refractivity contribution in [1.29, 1.82) is 5.26 Å². The van der Waals surface area contributed by atoms with Crippen molar-refractivity contribution in [2.75, 3.05) is 20.2 Å². The molecule has 0 amide bonds. The molecule has 3 rings (SSSR count). The van der Waals surface area contributed by atoms with Crippen molar-refractivity contribution < 1.29 is 4.74 Å². The van der Waals surface area contributed by atoms with Gasteiger partial charge in [0, 0.05) is 17.6 Å². The number of hydrogen-bond acceptors (Lipinski definition) is 4. The number of benzene rings is 1. The topological polar surface area (TPSA) is 49.1 Å². The molecule has 0 spiro atoms. The third-order valence-corrected chi connectivity index (χ3v) is 4.22. The first-order valence-corrected chi connectivity index (χ1v) is 7.40. The lowest BCUT2D eigenvalue weighted by atomic mass is 10.1. The SMILES string of the molecule is CN1CCCC1CCOc1c(C#N)cnc2ccccc12. The van der Waals surface area contributed by atoms with Gasteiger partial charge in [-0.1, -0.05) is 12.1 Å². The van der Waals surface area contributed by atoms with Gasteiger partial charge < -0.3 is 9.64 Å². The minimum atomic E-state index is 0.508. The maximum atomic E-state index is 9.25. The standard InChI is InChI=1S/C17H19N3O/c1-20-9-4-5-14(20)8-10-21-17-13(11-18)12-19-16-7-3-2-6-15(16)17/h2-3,6-7,12,14H,4-5,8-10H2,1H3. The molecule has 2 aromatic rings. The van der Waals surface area contributed by atoms with E-state index in [4.69, 9.17) is 4.74 Å². The van der Waals surface area contributed by atoms with E-state index in [2.05, 4.69) is 23.0 Å². The van der Waals surface area contributed by atoms with Gasteiger partial charge in [0.1, 0.15) is 17.4 Å². The number of para-hydroxylation sites is 1. The van der Waals surface area contributed by atoms with Crippen LogP contribution < -0.4 is 4.74 Å². The molecular formula is C17H19N3O. The van der Waals surface area contributed by atoms with Gasteiger partial charge in [-0.25, -0.2) is 0 Å². The Labute approximate surface area is 125 Å². The Hall–Kier alpha value is -2.12. The van der Waals surface area contributed by atoms with Gasteiger partial charge in [-0.3, -0.25) is 4.98 Å². The molecule has 108 valence electrons. The molecule has 21 heavy (non-hydrogen) atoms. The van der Waals surface area contributed by atoms with E-state index < -0.39 is 0 Å². The van der Waals surface area contributed by atoms with Crippen molar-refractivity contribution in [3.63, 3.8) is 0 Å². The summed E-state index contributed by atoms with van der Waals surface area (Å²) in [5.41, 5.74) is 1.37. The predicted octanol–water partition coefficient (Wildman–Crippen LogP) is 2.97. The highest BCUT2D eigenvalue weighted by Gasteiger charge is 2.20. The summed E-state index contributed by atoms with van der Waals surface area (Å²) in [6.45, 7) is 1.81. The first-order chi connectivity index (χ1) is 10.3. The zero-order chi connectivity index (χ0) is 14.7. The van der Waals surface area contributed by atoms with E-state index >= 15 is 0 Å². The fourth-order valence-corrected chi connectivity index (χ4v) is 2.99. The van der Waals surface area contributed by atoms with E-state index in [-0.39, 0.29) is 0 Å². The van der Waals surface area contributed by atoms with E-state index in [1.54, 1.807) is 6.20 Å². The summed E-state index contributed by atoms with van der Waals surface area (Å²) in [6.07, 6.45) is 5.10. The van der Waals surface area contributed by atoms with Crippen molar-refractivity contribution in [2.24, 2.45) is 0 Å². The first kappa shape index (κ1) is 13.8. The predicted molar refractivity (Wildman–Crippen MR) is 82.2 cm³/mol. The highest BCUT2D eigenvalue weighted by Crippen LogP contribution is 2.28. The zero-order valence-electron chi connectivity index (χ0n) is 12.2. The molecule has 1 saturated heterocycles. The average molecular weight is 281 g/mol. The van der Waals surface area contributed by atoms with E-state index in [1.807, 2.05) is 24.3 Å². The zero-order valence-corrected chi connectivity index (χ0v) is 12.2. The van der Waals surface area contributed by atoms with Gasteiger partial charge in [0.05, 0.1) is 12.1 Å². The molecule has 1 aliphatic heterocycles. The summed E-state index contributed by atoms with van der Waals surface area (Å²) in [7, 11) is 2.17. The van der Waals surface area contributed by atoms with Crippen LogP contribution in [-0.4, -0.2) is 36.1 Å². The Bertz CT molecular complexity index is 677. The normalized spacial score (nSPS) is 18.8. The number of hydrogen-bond donors (Lipinski definition) is 0. The molecule has 0 aliphatic carbocycles. The third kappa shape index (κ3) is 2.84. The molecule has 2 heterocycles. The van der Waals surface area contributed by atoms with Crippen LogP contribution in [0.15, 0.2) is 30.5 Å². The Morgan fingerprint density at radius 3 is 3.05 bits per heavy atom. The summed E-state index contributed by atoms with van der Waals surface area (Å²) in [6, 6.07) is 10.6. The molecule has 1 unspecified atom stereocenters. The van der Waals surface area contributed by atoms with Crippen LogP contribution in [0.5, 0.6) is 5.75 Å². The summed E-state index contributed by atoms with van der Waals surface area (Å²) in [4.78, 5) is 6.69. The van der Waals surface area contributed by atoms with E-state index in [9.17, 15) is 5.26 Å². The summed E-state index contributed by atoms with van der Waals surface area (Å²) >= 11 is 0. The minimum Gasteiger partial charge on any atom is -0.491 e. The monoisotopic (exact) mass is 281 g/mol. The molecule has 1 fully saturated rings. The number of rotatable bonds is 4. The lowest BCUT2D eigenvalue weighted by molar-refractivity contribution is 0.234. The highest BCUT2D eigenvalue weighted by molar-refractivity contribution is 5.87. The quantitative estimate of drug-likeness (QED) is 0.864. The molecule has 1 aromatic heterocycles. The van der Waals surface area contributed by atoms with Crippen molar-refractivity contribution in [3.05, 3.63) is 36.0 Å². The third-order valence-electron chi connectivity index (χ3n) is 4.22. The lowest BCUT2D eigenvalue weighted by Crippen LogP contribution is -2.26. The average Bonchev–Trinajstić information content (AvgIpc) is 2.93. The van der Waals surface area contributed by atoms with Gasteiger partial charge in [0.15, 0.2) is 0 Å². The lowest BCUT2D eigenvalue weighted by Gasteiger charge is -2.19. The van der Waals surface area contributed by atoms with Gasteiger partial charge in [-0.2, -0.15) is 5.26 Å². The van der Waals surface area contributed by atoms with Gasteiger partial charge in [0.25, 0.3) is 0 Å². The van der Waals surface area contributed by atoms with Crippen LogP contribution in [0.1, 0.15) is 24.8 Å². The van der Waals surface area contributed by atoms with Crippen LogP contribution in [0, 0.1) is 11.3 Å². The van der Waals surface area contributed by atoms with E-state index in [0.29, 0.717) is 24.0 Å². The van der Waals surface area contributed by atoms with Crippen molar-refractivity contribution in [2.45, 2.75) is 25.3 Å². The molecule has 1 aliphatic rings. The van der Waals surface area contributed by atoms with Crippen LogP contribution in [0.2, 0.25) is 0 Å². The second-order valence-corrected chi connectivity index (χ2v) is 5.54. The number of fused-ring (bicyclic) bond motifs is 1. The number of likely N-dealkylation sites (tertiary alicyclic amines) is 1. The fraction of sp³-hybridized carbons (Fsp3) is 0.412. The molecule has 0 saturated carbocycles. The summed E-state index contributed by atoms with van der Waals surface area (Å²) in [5.74, 6) is 0.670. The first-order valence-electron chi connectivity index (χ1n) is 7.40. The molecule has 4 heteroatoms. The maximum Gasteiger partial charge on any atom is 0.148 e. The van der Waals surface area contributed by atoms with Gasteiger partial charge in [-0.05, 0) is 45.0 Å². The smallest absolute Gasteiger partial charge is 0.148 e. The second kappa shape index (κ2) is 6.11. The molecule has 0 N–H and O–H groups in total. The molecule has 1 aromatic carbocycles. The molecular weight excluding hydrogens is 262 g/mol. The summed E-state index contributed by atoms with van der Waals surface area (Å²) < 4.78 is 5.96. The molecule has 4 nitrogen and oxygen atoms in total. The number of nitrogens with zero attached hydrogens (tertiary/aromatic N) is 3. The number of aromatic nitrogens is 1. The largest absolute Gasteiger partial charge is 0.491 e. The van der Waals surface area contributed by atoms with Gasteiger partial charge >= 0.3 is 0 Å². The molecule has 1 atom stereocenters. The maximum absolute atomic E-state index is 9.25. The van der Waals surface area contributed by atoms with E-state index in [1.165, 1.54) is 19.4 Å². The Balaban J connectivity index is 1.78. The van der Waals surface area contributed by atoms with E-state index in [0.717, 1.165) is 17.3 Å². The van der Waals surface area contributed by atoms with Gasteiger partial charge in [0.2, 0.25) is 0 Å². The summed E-state index contributed by atoms with van der Waals surface area (Å²) in [5, 5.41) is 10.2. The molecule has 0 bridgehead atoms. The van der Waals surface area contributed by atoms with Crippen LogP contribution in [0.4, 0.5) is 0 Å². The van der Waals surface area contributed by atoms with Crippen LogP contribution in [-0.2, 0) is 0 Å². The number of pyridine rings is 1. The highest BCUT2D eigenvalue weighted by atomic mass is 16.5. The van der Waals surface area contributed by atoms with Crippen molar-refractivity contribution in [1.82, 2.24) is 9.88 Å². The van der Waals surface area contributed by atoms with Crippen molar-refractivity contribution >= 4 is 10.9 Å². The second-order valence-electron chi connectivity index (χ2n) is 5.54. The van der Waals surface area contributed by atoms with Crippen LogP contribution in [0.25, 0.3) is 10.9 Å². The van der Waals surface area contributed by atoms with Crippen LogP contribution in [0.3, 0.4) is 0 Å². The Kier molecular flexibility index (Phi) is 4.03. The van der Waals surface area contributed by atoms with Crippen molar-refractivity contribution in [3.8, 4) is 11.8 Å². The van der Waals surface area contributed by atoms with Gasteiger partial charge in [-0.15, -0.1) is 0 Å². The number of nitriles is 1. The number of ether oxygens (including phenoxy) is 1. The Morgan fingerprint density at radius 2 is 2.29 bits per heavy atom. The van der Waals surface area contributed by atoms with Crippen LogP contribution >= 0.6 is 0 Å². The minimum absolute atomic E-state index is 0.508. The molecule has 0 radical (unpaired) electrons.